The van der Waals surface area contributed by atoms with E-state index in [2.05, 4.69) is 0 Å². The molecule has 1 aliphatic heterocycles. The SMILES string of the molecule is Cc1cc2c(c(C)c1O)OCCC2C=O. The van der Waals surface area contributed by atoms with Crippen LogP contribution in [0.15, 0.2) is 6.07 Å². The maximum Gasteiger partial charge on any atom is 0.129 e. The van der Waals surface area contributed by atoms with Gasteiger partial charge in [0.1, 0.15) is 17.8 Å². The number of rotatable bonds is 1. The van der Waals surface area contributed by atoms with Crippen LogP contribution in [0, 0.1) is 13.8 Å². The smallest absolute Gasteiger partial charge is 0.129 e. The van der Waals surface area contributed by atoms with E-state index in [4.69, 9.17) is 4.74 Å². The van der Waals surface area contributed by atoms with Crippen LogP contribution in [0.25, 0.3) is 0 Å². The molecule has 1 aliphatic rings. The summed E-state index contributed by atoms with van der Waals surface area (Å²) in [4.78, 5) is 10.9. The molecule has 1 aromatic rings. The van der Waals surface area contributed by atoms with Crippen LogP contribution >= 0.6 is 0 Å². The van der Waals surface area contributed by atoms with E-state index < -0.39 is 0 Å². The highest BCUT2D eigenvalue weighted by molar-refractivity contribution is 5.68. The second-order valence-corrected chi connectivity index (χ2v) is 3.97. The highest BCUT2D eigenvalue weighted by Crippen LogP contribution is 2.40. The molecule has 1 unspecified atom stereocenters. The Morgan fingerprint density at radius 3 is 2.93 bits per heavy atom. The molecule has 2 rings (SSSR count). The summed E-state index contributed by atoms with van der Waals surface area (Å²) in [6.45, 7) is 4.19. The average Bonchev–Trinajstić information content (AvgIpc) is 2.25. The lowest BCUT2D eigenvalue weighted by atomic mass is 9.90. The second-order valence-electron chi connectivity index (χ2n) is 3.97. The topological polar surface area (TPSA) is 46.5 Å². The molecule has 3 heteroatoms. The van der Waals surface area contributed by atoms with Crippen molar-refractivity contribution in [3.05, 3.63) is 22.8 Å². The van der Waals surface area contributed by atoms with Crippen molar-refractivity contribution in [1.29, 1.82) is 0 Å². The number of hydrogen-bond donors (Lipinski definition) is 1. The molecule has 80 valence electrons. The highest BCUT2D eigenvalue weighted by atomic mass is 16.5. The quantitative estimate of drug-likeness (QED) is 0.715. The number of aryl methyl sites for hydroxylation is 1. The molecule has 0 radical (unpaired) electrons. The minimum Gasteiger partial charge on any atom is -0.507 e. The predicted molar refractivity (Wildman–Crippen MR) is 56.5 cm³/mol. The van der Waals surface area contributed by atoms with Gasteiger partial charge in [-0.25, -0.2) is 0 Å². The third-order valence-corrected chi connectivity index (χ3v) is 2.94. The summed E-state index contributed by atoms with van der Waals surface area (Å²) in [7, 11) is 0. The minimum atomic E-state index is -0.0910. The summed E-state index contributed by atoms with van der Waals surface area (Å²) in [5, 5.41) is 9.75. The predicted octanol–water partition coefficient (Wildman–Crippen LogP) is 2.07. The lowest BCUT2D eigenvalue weighted by Gasteiger charge is -2.25. The first-order valence-corrected chi connectivity index (χ1v) is 5.06. The Bertz CT molecular complexity index is 410. The first kappa shape index (κ1) is 10.0. The number of aldehydes is 1. The van der Waals surface area contributed by atoms with Gasteiger partial charge in [-0.1, -0.05) is 0 Å². The summed E-state index contributed by atoms with van der Waals surface area (Å²) in [6, 6.07) is 1.84. The molecule has 15 heavy (non-hydrogen) atoms. The van der Waals surface area contributed by atoms with Crippen LogP contribution < -0.4 is 4.74 Å². The van der Waals surface area contributed by atoms with Crippen molar-refractivity contribution in [2.45, 2.75) is 26.2 Å². The molecule has 0 saturated heterocycles. The molecule has 3 nitrogen and oxygen atoms in total. The Hall–Kier alpha value is -1.51. The van der Waals surface area contributed by atoms with Crippen LogP contribution in [0.2, 0.25) is 0 Å². The number of fused-ring (bicyclic) bond motifs is 1. The normalized spacial score (nSPS) is 19.2. The van der Waals surface area contributed by atoms with E-state index in [1.807, 2.05) is 19.9 Å². The van der Waals surface area contributed by atoms with Gasteiger partial charge in [-0.3, -0.25) is 0 Å². The van der Waals surface area contributed by atoms with Crippen LogP contribution in [-0.2, 0) is 4.79 Å². The van der Waals surface area contributed by atoms with Crippen LogP contribution in [0.1, 0.15) is 29.0 Å². The summed E-state index contributed by atoms with van der Waals surface area (Å²) in [5.74, 6) is 0.855. The van der Waals surface area contributed by atoms with Gasteiger partial charge in [0, 0.05) is 17.0 Å². The first-order valence-electron chi connectivity index (χ1n) is 5.06. The summed E-state index contributed by atoms with van der Waals surface area (Å²) >= 11 is 0. The fraction of sp³-hybridized carbons (Fsp3) is 0.417. The number of aromatic hydroxyl groups is 1. The lowest BCUT2D eigenvalue weighted by Crippen LogP contribution is -2.16. The zero-order valence-corrected chi connectivity index (χ0v) is 8.91. The third-order valence-electron chi connectivity index (χ3n) is 2.94. The van der Waals surface area contributed by atoms with Crippen LogP contribution in [0.4, 0.5) is 0 Å². The Kier molecular flexibility index (Phi) is 2.39. The lowest BCUT2D eigenvalue weighted by molar-refractivity contribution is -0.109. The Morgan fingerprint density at radius 1 is 1.53 bits per heavy atom. The zero-order valence-electron chi connectivity index (χ0n) is 8.91. The molecule has 1 heterocycles. The van der Waals surface area contributed by atoms with Gasteiger partial charge in [0.2, 0.25) is 0 Å². The highest BCUT2D eigenvalue weighted by Gasteiger charge is 2.24. The van der Waals surface area contributed by atoms with Crippen molar-refractivity contribution in [2.24, 2.45) is 0 Å². The van der Waals surface area contributed by atoms with E-state index in [0.29, 0.717) is 12.4 Å². The Balaban J connectivity index is 2.63. The van der Waals surface area contributed by atoms with Gasteiger partial charge < -0.3 is 14.6 Å². The first-order chi connectivity index (χ1) is 7.15. The van der Waals surface area contributed by atoms with Crippen LogP contribution in [0.5, 0.6) is 11.5 Å². The maximum atomic E-state index is 10.9. The van der Waals surface area contributed by atoms with Crippen molar-refractivity contribution >= 4 is 6.29 Å². The number of hydrogen-bond acceptors (Lipinski definition) is 3. The van der Waals surface area contributed by atoms with Gasteiger partial charge in [0.05, 0.1) is 6.61 Å². The number of carbonyl (C=O) groups excluding carboxylic acids is 1. The molecular formula is C12H14O3. The monoisotopic (exact) mass is 206 g/mol. The fourth-order valence-electron chi connectivity index (χ4n) is 2.04. The Labute approximate surface area is 88.7 Å². The average molecular weight is 206 g/mol. The summed E-state index contributed by atoms with van der Waals surface area (Å²) < 4.78 is 5.50. The molecular weight excluding hydrogens is 192 g/mol. The molecule has 1 N–H and O–H groups in total. The largest absolute Gasteiger partial charge is 0.507 e. The molecule has 1 aromatic carbocycles. The van der Waals surface area contributed by atoms with Crippen molar-refractivity contribution in [1.82, 2.24) is 0 Å². The van der Waals surface area contributed by atoms with Crippen molar-refractivity contribution < 1.29 is 14.6 Å². The second kappa shape index (κ2) is 3.57. The van der Waals surface area contributed by atoms with Crippen molar-refractivity contribution in [2.75, 3.05) is 6.61 Å². The molecule has 0 fully saturated rings. The van der Waals surface area contributed by atoms with E-state index in [-0.39, 0.29) is 11.7 Å². The number of phenolic OH excluding ortho intramolecular Hbond substituents is 1. The van der Waals surface area contributed by atoms with Crippen LogP contribution in [-0.4, -0.2) is 18.0 Å². The fourth-order valence-corrected chi connectivity index (χ4v) is 2.04. The van der Waals surface area contributed by atoms with Gasteiger partial charge in [-0.05, 0) is 31.9 Å². The zero-order chi connectivity index (χ0) is 11.0. The number of phenols is 1. The summed E-state index contributed by atoms with van der Waals surface area (Å²) in [5.41, 5.74) is 2.43. The van der Waals surface area contributed by atoms with Gasteiger partial charge in [0.15, 0.2) is 0 Å². The van der Waals surface area contributed by atoms with Gasteiger partial charge in [-0.2, -0.15) is 0 Å². The van der Waals surface area contributed by atoms with Gasteiger partial charge in [-0.15, -0.1) is 0 Å². The molecule has 0 aromatic heterocycles. The molecule has 0 amide bonds. The number of benzene rings is 1. The van der Waals surface area contributed by atoms with Gasteiger partial charge in [0.25, 0.3) is 0 Å². The van der Waals surface area contributed by atoms with Crippen molar-refractivity contribution in [3.8, 4) is 11.5 Å². The van der Waals surface area contributed by atoms with E-state index in [0.717, 1.165) is 29.4 Å². The van der Waals surface area contributed by atoms with E-state index in [1.54, 1.807) is 0 Å². The third kappa shape index (κ3) is 1.48. The summed E-state index contributed by atoms with van der Waals surface area (Å²) in [6.07, 6.45) is 1.68. The molecule has 0 spiro atoms. The Morgan fingerprint density at radius 2 is 2.27 bits per heavy atom. The van der Waals surface area contributed by atoms with E-state index >= 15 is 0 Å². The molecule has 1 atom stereocenters. The van der Waals surface area contributed by atoms with E-state index in [9.17, 15) is 9.90 Å². The van der Waals surface area contributed by atoms with Crippen LogP contribution in [0.3, 0.4) is 0 Å². The minimum absolute atomic E-state index is 0.0910. The maximum absolute atomic E-state index is 10.9. The molecule has 0 bridgehead atoms. The number of ether oxygens (including phenoxy) is 1. The standard InChI is InChI=1S/C12H14O3/c1-7-5-10-9(6-13)3-4-15-12(10)8(2)11(7)14/h5-6,9,14H,3-4H2,1-2H3. The van der Waals surface area contributed by atoms with Gasteiger partial charge >= 0.3 is 0 Å². The van der Waals surface area contributed by atoms with E-state index in [1.165, 1.54) is 0 Å². The molecule has 0 saturated carbocycles. The van der Waals surface area contributed by atoms with Crippen molar-refractivity contribution in [3.63, 3.8) is 0 Å². The number of carbonyl (C=O) groups is 1. The molecule has 0 aliphatic carbocycles.